The number of hydrogen-bond donors (Lipinski definition) is 0. The zero-order valence-electron chi connectivity index (χ0n) is 24.9. The van der Waals surface area contributed by atoms with Gasteiger partial charge in [0.25, 0.3) is 0 Å². The molecule has 0 aromatic rings. The Morgan fingerprint density at radius 3 is 2.09 bits per heavy atom. The van der Waals surface area contributed by atoms with Crippen molar-refractivity contribution >= 4 is 5.78 Å². The molecule has 0 radical (unpaired) electrons. The van der Waals surface area contributed by atoms with Crippen LogP contribution in [0.4, 0.5) is 0 Å². The van der Waals surface area contributed by atoms with E-state index in [1.165, 1.54) is 57.8 Å². The van der Waals surface area contributed by atoms with Crippen LogP contribution in [0.2, 0.25) is 0 Å². The lowest BCUT2D eigenvalue weighted by Gasteiger charge is -2.69. The Hall–Kier alpha value is -0.370. The molecule has 0 aromatic heterocycles. The SMILES string of the molecule is CCC(C)(C)[C@@]1(C)CC[C@@](C)([C@H]2CC[C@]3(C)[C@@H]2CC[C@H]2[C@@]4(C)CCC(=O)C(C)(C)[C@@H]4CC[C@]23C)O1. The molecule has 5 fully saturated rings. The van der Waals surface area contributed by atoms with Crippen molar-refractivity contribution in [2.45, 2.75) is 151 Å². The minimum Gasteiger partial charge on any atom is -0.368 e. The Bertz CT molecular complexity index is 888. The number of hydrogen-bond acceptors (Lipinski definition) is 2. The third-order valence-corrected chi connectivity index (χ3v) is 14.8. The fourth-order valence-corrected chi connectivity index (χ4v) is 11.5. The van der Waals surface area contributed by atoms with Crippen molar-refractivity contribution in [3.63, 3.8) is 0 Å². The Morgan fingerprint density at radius 2 is 1.43 bits per heavy atom. The van der Waals surface area contributed by atoms with Crippen LogP contribution in [0.5, 0.6) is 0 Å². The molecule has 2 nitrogen and oxygen atoms in total. The molecule has 0 N–H and O–H groups in total. The summed E-state index contributed by atoms with van der Waals surface area (Å²) in [6.07, 6.45) is 13.5. The van der Waals surface area contributed by atoms with E-state index in [1.54, 1.807) is 0 Å². The van der Waals surface area contributed by atoms with Gasteiger partial charge in [-0.15, -0.1) is 0 Å². The van der Waals surface area contributed by atoms with Crippen LogP contribution in [0.3, 0.4) is 0 Å². The molecule has 0 unspecified atom stereocenters. The van der Waals surface area contributed by atoms with Gasteiger partial charge in [-0.3, -0.25) is 4.79 Å². The number of ether oxygens (including phenoxy) is 1. The van der Waals surface area contributed by atoms with Gasteiger partial charge in [0.15, 0.2) is 0 Å². The first-order valence-corrected chi connectivity index (χ1v) is 15.2. The van der Waals surface area contributed by atoms with Gasteiger partial charge in [-0.2, -0.15) is 0 Å². The van der Waals surface area contributed by atoms with Gasteiger partial charge in [0.05, 0.1) is 11.2 Å². The maximum absolute atomic E-state index is 13.0. The van der Waals surface area contributed by atoms with Crippen molar-refractivity contribution in [3.05, 3.63) is 0 Å². The summed E-state index contributed by atoms with van der Waals surface area (Å²) in [6.45, 7) is 24.6. The van der Waals surface area contributed by atoms with Crippen LogP contribution < -0.4 is 0 Å². The summed E-state index contributed by atoms with van der Waals surface area (Å²) in [5, 5.41) is 0. The smallest absolute Gasteiger partial charge is 0.138 e. The van der Waals surface area contributed by atoms with Crippen LogP contribution in [-0.2, 0) is 9.53 Å². The molecule has 1 aliphatic heterocycles. The predicted molar refractivity (Wildman–Crippen MR) is 145 cm³/mol. The molecule has 200 valence electrons. The van der Waals surface area contributed by atoms with E-state index in [1.807, 2.05) is 0 Å². The highest BCUT2D eigenvalue weighted by Gasteiger charge is 2.70. The van der Waals surface area contributed by atoms with E-state index < -0.39 is 0 Å². The second-order valence-corrected chi connectivity index (χ2v) is 16.3. The Labute approximate surface area is 217 Å². The van der Waals surface area contributed by atoms with Crippen LogP contribution >= 0.6 is 0 Å². The van der Waals surface area contributed by atoms with Crippen LogP contribution in [0.25, 0.3) is 0 Å². The maximum atomic E-state index is 13.0. The molecular formula is C33H56O2. The third-order valence-electron chi connectivity index (χ3n) is 14.8. The maximum Gasteiger partial charge on any atom is 0.138 e. The first kappa shape index (κ1) is 26.2. The molecule has 4 saturated carbocycles. The summed E-state index contributed by atoms with van der Waals surface area (Å²) in [5.74, 6) is 3.30. The predicted octanol–water partition coefficient (Wildman–Crippen LogP) is 9.00. The normalized spacial score (nSPS) is 53.7. The highest BCUT2D eigenvalue weighted by atomic mass is 16.5. The lowest BCUT2D eigenvalue weighted by molar-refractivity contribution is -0.214. The monoisotopic (exact) mass is 484 g/mol. The van der Waals surface area contributed by atoms with Crippen molar-refractivity contribution in [1.29, 1.82) is 0 Å². The second kappa shape index (κ2) is 7.60. The fourth-order valence-electron chi connectivity index (χ4n) is 11.5. The molecule has 5 aliphatic rings. The average molecular weight is 485 g/mol. The standard InChI is InChI=1S/C33H56O2/c1-11-27(2,3)33(10)21-20-32(9,35-33)23-14-18-30(7)22(23)12-13-25-29(6)17-16-26(34)28(4,5)24(29)15-19-31(25,30)8/h22-25H,11-21H2,1-10H3/t22-,23+,24+,25+,29+,30-,31-,32+,33-/m1/s1. The summed E-state index contributed by atoms with van der Waals surface area (Å²) in [5.41, 5.74) is 1.17. The minimum absolute atomic E-state index is 0.0116. The summed E-state index contributed by atoms with van der Waals surface area (Å²) < 4.78 is 7.25. The summed E-state index contributed by atoms with van der Waals surface area (Å²) >= 11 is 0. The van der Waals surface area contributed by atoms with Gasteiger partial charge in [0, 0.05) is 11.8 Å². The zero-order valence-corrected chi connectivity index (χ0v) is 24.9. The van der Waals surface area contributed by atoms with Gasteiger partial charge in [0.2, 0.25) is 0 Å². The van der Waals surface area contributed by atoms with E-state index in [4.69, 9.17) is 4.74 Å². The Balaban J connectivity index is 1.45. The fraction of sp³-hybridized carbons (Fsp3) is 0.970. The topological polar surface area (TPSA) is 26.3 Å². The molecule has 0 spiro atoms. The van der Waals surface area contributed by atoms with Crippen LogP contribution in [-0.4, -0.2) is 17.0 Å². The van der Waals surface area contributed by atoms with Gasteiger partial charge in [-0.1, -0.05) is 55.4 Å². The molecule has 2 heteroatoms. The molecule has 0 amide bonds. The molecule has 1 saturated heterocycles. The van der Waals surface area contributed by atoms with Crippen LogP contribution in [0, 0.1) is 50.7 Å². The lowest BCUT2D eigenvalue weighted by atomic mass is 9.35. The van der Waals surface area contributed by atoms with Gasteiger partial charge >= 0.3 is 0 Å². The van der Waals surface area contributed by atoms with Crippen molar-refractivity contribution in [2.75, 3.05) is 0 Å². The van der Waals surface area contributed by atoms with Gasteiger partial charge in [0.1, 0.15) is 5.78 Å². The van der Waals surface area contributed by atoms with E-state index in [0.717, 1.165) is 24.7 Å². The molecule has 4 aliphatic carbocycles. The van der Waals surface area contributed by atoms with E-state index in [2.05, 4.69) is 69.2 Å². The second-order valence-electron chi connectivity index (χ2n) is 16.3. The largest absolute Gasteiger partial charge is 0.368 e. The summed E-state index contributed by atoms with van der Waals surface area (Å²) in [6, 6.07) is 0. The van der Waals surface area contributed by atoms with Crippen molar-refractivity contribution in [1.82, 2.24) is 0 Å². The first-order valence-electron chi connectivity index (χ1n) is 15.2. The lowest BCUT2D eigenvalue weighted by Crippen LogP contribution is -2.63. The Kier molecular flexibility index (Phi) is 5.70. The van der Waals surface area contributed by atoms with Crippen molar-refractivity contribution in [2.24, 2.45) is 50.7 Å². The van der Waals surface area contributed by atoms with E-state index in [9.17, 15) is 4.79 Å². The van der Waals surface area contributed by atoms with E-state index in [0.29, 0.717) is 33.9 Å². The molecule has 1 heterocycles. The van der Waals surface area contributed by atoms with E-state index in [-0.39, 0.29) is 22.0 Å². The quantitative estimate of drug-likeness (QED) is 0.399. The zero-order chi connectivity index (χ0) is 25.9. The highest BCUT2D eigenvalue weighted by molar-refractivity contribution is 5.85. The van der Waals surface area contributed by atoms with Crippen LogP contribution in [0.15, 0.2) is 0 Å². The van der Waals surface area contributed by atoms with Crippen molar-refractivity contribution < 1.29 is 9.53 Å². The molecular weight excluding hydrogens is 428 g/mol. The Morgan fingerprint density at radius 1 is 0.771 bits per heavy atom. The number of ketones is 1. The average Bonchev–Trinajstić information content (AvgIpc) is 3.30. The molecule has 9 atom stereocenters. The number of fused-ring (bicyclic) bond motifs is 5. The molecule has 0 bridgehead atoms. The van der Waals surface area contributed by atoms with Crippen LogP contribution in [0.1, 0.15) is 140 Å². The van der Waals surface area contributed by atoms with Crippen molar-refractivity contribution in [3.8, 4) is 0 Å². The van der Waals surface area contributed by atoms with Gasteiger partial charge in [-0.05, 0) is 123 Å². The third kappa shape index (κ3) is 3.19. The number of carbonyl (C=O) groups is 1. The van der Waals surface area contributed by atoms with Gasteiger partial charge < -0.3 is 4.74 Å². The number of carbonyl (C=O) groups excluding carboxylic acids is 1. The van der Waals surface area contributed by atoms with Gasteiger partial charge in [-0.25, -0.2) is 0 Å². The summed E-state index contributed by atoms with van der Waals surface area (Å²) in [7, 11) is 0. The first-order chi connectivity index (χ1) is 16.0. The molecule has 0 aromatic carbocycles. The highest BCUT2D eigenvalue weighted by Crippen LogP contribution is 2.76. The van der Waals surface area contributed by atoms with E-state index >= 15 is 0 Å². The molecule has 35 heavy (non-hydrogen) atoms. The number of Topliss-reactive ketones (excluding diaryl/α,β-unsaturated/α-hetero) is 1. The number of rotatable bonds is 3. The summed E-state index contributed by atoms with van der Waals surface area (Å²) in [4.78, 5) is 13.0. The molecule has 5 rings (SSSR count). The minimum atomic E-state index is -0.147.